The van der Waals surface area contributed by atoms with Crippen LogP contribution in [0.4, 0.5) is 0 Å². The molecule has 1 saturated heterocycles. The fraction of sp³-hybridized carbons (Fsp3) is 1.00. The summed E-state index contributed by atoms with van der Waals surface area (Å²) in [5.74, 6) is 0. The zero-order valence-electron chi connectivity index (χ0n) is 15.7. The van der Waals surface area contributed by atoms with Gasteiger partial charge in [0.15, 0.2) is 0 Å². The maximum Gasteiger partial charge on any atom is 0.0701 e. The molecule has 0 aromatic carbocycles. The summed E-state index contributed by atoms with van der Waals surface area (Å²) in [7, 11) is 0. The van der Waals surface area contributed by atoms with Gasteiger partial charge in [-0.3, -0.25) is 9.80 Å². The van der Waals surface area contributed by atoms with Gasteiger partial charge in [0.1, 0.15) is 0 Å². The summed E-state index contributed by atoms with van der Waals surface area (Å²) in [6.07, 6.45) is 0. The Kier molecular flexibility index (Phi) is 9.85. The second-order valence-electron chi connectivity index (χ2n) is 7.62. The summed E-state index contributed by atoms with van der Waals surface area (Å²) in [4.78, 5) is 5.05. The number of halogens is 1. The van der Waals surface area contributed by atoms with Gasteiger partial charge in [-0.05, 0) is 34.6 Å². The molecule has 0 spiro atoms. The van der Waals surface area contributed by atoms with Crippen LogP contribution >= 0.6 is 22.6 Å². The van der Waals surface area contributed by atoms with Crippen LogP contribution in [0.15, 0.2) is 0 Å². The van der Waals surface area contributed by atoms with E-state index in [1.807, 2.05) is 0 Å². The van der Waals surface area contributed by atoms with Crippen molar-refractivity contribution in [3.05, 3.63) is 0 Å². The molecule has 0 aliphatic carbocycles. The Balaban J connectivity index is 1.91. The van der Waals surface area contributed by atoms with Crippen LogP contribution in [0.1, 0.15) is 34.6 Å². The molecular weight excluding hydrogens is 405 g/mol. The second-order valence-corrected chi connectivity index (χ2v) is 10.3. The van der Waals surface area contributed by atoms with Gasteiger partial charge in [-0.1, -0.05) is 22.6 Å². The molecule has 0 aromatic heterocycles. The minimum Gasteiger partial charge on any atom is -0.378 e. The summed E-state index contributed by atoms with van der Waals surface area (Å²) in [5, 5.41) is 3.39. The zero-order chi connectivity index (χ0) is 17.3. The standard InChI is InChI=1S/C17H36IN3O2/c1-16(2,3)21-9-7-20(8-10-21)11-13-23-15-14-22-12-6-19-17(4,5)18/h19H,6-15H2,1-5H3. The SMILES string of the molecule is CC(C)(I)NCCOCCOCCN1CCN(C(C)(C)C)CC1. The number of nitrogens with zero attached hydrogens (tertiary/aromatic N) is 2. The van der Waals surface area contributed by atoms with Crippen LogP contribution in [0, 0.1) is 0 Å². The van der Waals surface area contributed by atoms with Gasteiger partial charge in [0, 0.05) is 44.8 Å². The Bertz CT molecular complexity index is 308. The van der Waals surface area contributed by atoms with Gasteiger partial charge < -0.3 is 14.8 Å². The highest BCUT2D eigenvalue weighted by molar-refractivity contribution is 14.1. The summed E-state index contributed by atoms with van der Waals surface area (Å²) in [5.41, 5.74) is 0.293. The largest absolute Gasteiger partial charge is 0.378 e. The number of hydrogen-bond acceptors (Lipinski definition) is 5. The quantitative estimate of drug-likeness (QED) is 0.244. The predicted octanol–water partition coefficient (Wildman–Crippen LogP) is 2.20. The lowest BCUT2D eigenvalue weighted by Gasteiger charge is -2.42. The maximum absolute atomic E-state index is 5.68. The van der Waals surface area contributed by atoms with Gasteiger partial charge in [-0.15, -0.1) is 0 Å². The molecule has 0 radical (unpaired) electrons. The molecule has 0 unspecified atom stereocenters. The number of piperazine rings is 1. The molecule has 5 nitrogen and oxygen atoms in total. The van der Waals surface area contributed by atoms with Crippen molar-refractivity contribution in [1.82, 2.24) is 15.1 Å². The number of nitrogens with one attached hydrogen (secondary N) is 1. The van der Waals surface area contributed by atoms with Crippen molar-refractivity contribution in [3.63, 3.8) is 0 Å². The first-order valence-electron chi connectivity index (χ1n) is 8.75. The third-order valence-electron chi connectivity index (χ3n) is 4.04. The lowest BCUT2D eigenvalue weighted by atomic mass is 10.1. The summed E-state index contributed by atoms with van der Waals surface area (Å²) >= 11 is 2.38. The van der Waals surface area contributed by atoms with E-state index in [1.165, 1.54) is 0 Å². The van der Waals surface area contributed by atoms with E-state index in [4.69, 9.17) is 9.47 Å². The van der Waals surface area contributed by atoms with Gasteiger partial charge >= 0.3 is 0 Å². The van der Waals surface area contributed by atoms with Crippen molar-refractivity contribution in [2.75, 3.05) is 65.7 Å². The van der Waals surface area contributed by atoms with E-state index < -0.39 is 0 Å². The van der Waals surface area contributed by atoms with Crippen molar-refractivity contribution < 1.29 is 9.47 Å². The maximum atomic E-state index is 5.68. The van der Waals surface area contributed by atoms with Gasteiger partial charge in [0.25, 0.3) is 0 Å². The predicted molar refractivity (Wildman–Crippen MR) is 106 cm³/mol. The first-order chi connectivity index (χ1) is 10.7. The third kappa shape index (κ3) is 10.9. The first kappa shape index (κ1) is 21.6. The number of alkyl halides is 1. The Labute approximate surface area is 156 Å². The monoisotopic (exact) mass is 441 g/mol. The molecule has 6 heteroatoms. The van der Waals surface area contributed by atoms with Crippen molar-refractivity contribution in [1.29, 1.82) is 0 Å². The fourth-order valence-corrected chi connectivity index (χ4v) is 2.85. The van der Waals surface area contributed by atoms with Crippen LogP contribution in [-0.4, -0.2) is 84.6 Å². The van der Waals surface area contributed by atoms with Gasteiger partial charge in [0.05, 0.1) is 30.0 Å². The minimum absolute atomic E-state index is 0.134. The molecular formula is C17H36IN3O2. The molecule has 1 rings (SSSR count). The van der Waals surface area contributed by atoms with Gasteiger partial charge in [-0.25, -0.2) is 0 Å². The molecule has 1 aliphatic rings. The minimum atomic E-state index is 0.134. The van der Waals surface area contributed by atoms with Gasteiger partial charge in [-0.2, -0.15) is 0 Å². The number of ether oxygens (including phenoxy) is 2. The van der Waals surface area contributed by atoms with E-state index >= 15 is 0 Å². The zero-order valence-corrected chi connectivity index (χ0v) is 17.8. The average Bonchev–Trinajstić information content (AvgIpc) is 2.44. The van der Waals surface area contributed by atoms with Crippen LogP contribution in [0.25, 0.3) is 0 Å². The van der Waals surface area contributed by atoms with Crippen LogP contribution in [0.5, 0.6) is 0 Å². The van der Waals surface area contributed by atoms with Crippen molar-refractivity contribution in [2.45, 2.75) is 43.7 Å². The first-order valence-corrected chi connectivity index (χ1v) is 9.83. The Morgan fingerprint density at radius 3 is 1.96 bits per heavy atom. The molecule has 1 N–H and O–H groups in total. The van der Waals surface area contributed by atoms with Crippen molar-refractivity contribution in [3.8, 4) is 0 Å². The van der Waals surface area contributed by atoms with Crippen LogP contribution < -0.4 is 5.32 Å². The normalized spacial score (nSPS) is 18.5. The topological polar surface area (TPSA) is 37.0 Å². The fourth-order valence-electron chi connectivity index (χ4n) is 2.58. The molecule has 1 aliphatic heterocycles. The molecule has 1 heterocycles. The van der Waals surface area contributed by atoms with E-state index in [9.17, 15) is 0 Å². The highest BCUT2D eigenvalue weighted by Crippen LogP contribution is 2.15. The van der Waals surface area contributed by atoms with E-state index in [-0.39, 0.29) is 3.55 Å². The smallest absolute Gasteiger partial charge is 0.0701 e. The second kappa shape index (κ2) is 10.5. The molecule has 0 amide bonds. The summed E-state index contributed by atoms with van der Waals surface area (Å²) in [6.45, 7) is 20.6. The Hall–Kier alpha value is 0.530. The molecule has 1 fully saturated rings. The van der Waals surface area contributed by atoms with Crippen LogP contribution in [-0.2, 0) is 9.47 Å². The molecule has 0 atom stereocenters. The molecule has 0 saturated carbocycles. The molecule has 23 heavy (non-hydrogen) atoms. The van der Waals surface area contributed by atoms with Crippen LogP contribution in [0.3, 0.4) is 0 Å². The molecule has 0 bridgehead atoms. The van der Waals surface area contributed by atoms with Gasteiger partial charge in [0.2, 0.25) is 0 Å². The van der Waals surface area contributed by atoms with E-state index in [1.54, 1.807) is 0 Å². The number of hydrogen-bond donors (Lipinski definition) is 1. The van der Waals surface area contributed by atoms with E-state index in [0.717, 1.165) is 52.5 Å². The van der Waals surface area contributed by atoms with E-state index in [0.29, 0.717) is 18.8 Å². The highest BCUT2D eigenvalue weighted by Gasteiger charge is 2.25. The summed E-state index contributed by atoms with van der Waals surface area (Å²) < 4.78 is 11.4. The third-order valence-corrected chi connectivity index (χ3v) is 4.42. The molecule has 138 valence electrons. The van der Waals surface area contributed by atoms with Crippen LogP contribution in [0.2, 0.25) is 0 Å². The van der Waals surface area contributed by atoms with E-state index in [2.05, 4.69) is 72.3 Å². The lowest BCUT2D eigenvalue weighted by molar-refractivity contribution is 0.0214. The Morgan fingerprint density at radius 1 is 0.870 bits per heavy atom. The molecule has 0 aromatic rings. The highest BCUT2D eigenvalue weighted by atomic mass is 127. The Morgan fingerprint density at radius 2 is 1.43 bits per heavy atom. The summed E-state index contributed by atoms with van der Waals surface area (Å²) in [6, 6.07) is 0. The van der Waals surface area contributed by atoms with Crippen molar-refractivity contribution >= 4 is 22.6 Å². The average molecular weight is 441 g/mol. The number of rotatable bonds is 10. The lowest BCUT2D eigenvalue weighted by Crippen LogP contribution is -2.53. The van der Waals surface area contributed by atoms with Crippen molar-refractivity contribution in [2.24, 2.45) is 0 Å².